The van der Waals surface area contributed by atoms with Gasteiger partial charge in [0.25, 0.3) is 0 Å². The van der Waals surface area contributed by atoms with E-state index >= 15 is 0 Å². The lowest BCUT2D eigenvalue weighted by atomic mass is 10.0. The molecule has 6 rings (SSSR count). The highest BCUT2D eigenvalue weighted by atomic mass is 16.5. The summed E-state index contributed by atoms with van der Waals surface area (Å²) in [5, 5.41) is 0. The normalized spacial score (nSPS) is 18.9. The van der Waals surface area contributed by atoms with Crippen LogP contribution in [0.25, 0.3) is 16.8 Å². The quantitative estimate of drug-likeness (QED) is 0.585. The smallest absolute Gasteiger partial charge is 0.151 e. The summed E-state index contributed by atoms with van der Waals surface area (Å²) in [6.45, 7) is 9.65. The van der Waals surface area contributed by atoms with E-state index in [1.807, 2.05) is 0 Å². The van der Waals surface area contributed by atoms with Gasteiger partial charge in [-0.3, -0.25) is 9.47 Å². The molecule has 1 aromatic heterocycles. The van der Waals surface area contributed by atoms with E-state index < -0.39 is 0 Å². The summed E-state index contributed by atoms with van der Waals surface area (Å²) < 4.78 is 13.8. The van der Waals surface area contributed by atoms with Gasteiger partial charge in [-0.25, -0.2) is 4.98 Å². The van der Waals surface area contributed by atoms with Gasteiger partial charge in [0.15, 0.2) is 5.82 Å². The lowest BCUT2D eigenvalue weighted by molar-refractivity contribution is 0.0383. The van der Waals surface area contributed by atoms with Gasteiger partial charge in [0.05, 0.1) is 24.6 Å². The van der Waals surface area contributed by atoms with Crippen LogP contribution in [0.2, 0.25) is 0 Å². The van der Waals surface area contributed by atoms with Gasteiger partial charge in [0.2, 0.25) is 0 Å². The maximum atomic E-state index is 6.13. The number of benzene rings is 2. The second kappa shape index (κ2) is 9.41. The van der Waals surface area contributed by atoms with Crippen LogP contribution in [0.4, 0.5) is 5.69 Å². The van der Waals surface area contributed by atoms with Crippen molar-refractivity contribution in [3.05, 3.63) is 60.2 Å². The first-order valence-corrected chi connectivity index (χ1v) is 12.4. The lowest BCUT2D eigenvalue weighted by Gasteiger charge is -2.34. The molecule has 0 spiro atoms. The van der Waals surface area contributed by atoms with Crippen LogP contribution in [0.3, 0.4) is 0 Å². The average molecular weight is 460 g/mol. The highest BCUT2D eigenvalue weighted by Crippen LogP contribution is 2.34. The number of hydrogen-bond donors (Lipinski definition) is 0. The molecule has 7 nitrogen and oxygen atoms in total. The Balaban J connectivity index is 1.16. The van der Waals surface area contributed by atoms with Gasteiger partial charge in [-0.15, -0.1) is 0 Å². The standard InChI is InChI=1S/C27H33N5O2/c1-29-10-12-31(13-11-29)24-5-2-21(3-6-24)22-4-7-25-26(18-22)34-20-27-28-23(19-32(25)27)8-9-30-14-16-33-17-15-30/h2-7,18-19H,8-17,20H2,1H3. The Hall–Kier alpha value is -2.87. The number of ether oxygens (including phenoxy) is 2. The summed E-state index contributed by atoms with van der Waals surface area (Å²) in [6, 6.07) is 15.5. The maximum Gasteiger partial charge on any atom is 0.151 e. The van der Waals surface area contributed by atoms with E-state index in [0.717, 1.165) is 88.4 Å². The monoisotopic (exact) mass is 459 g/mol. The van der Waals surface area contributed by atoms with Gasteiger partial charge in [0.1, 0.15) is 12.4 Å². The van der Waals surface area contributed by atoms with Crippen LogP contribution in [0, 0.1) is 0 Å². The Labute approximate surface area is 201 Å². The number of piperazine rings is 1. The minimum Gasteiger partial charge on any atom is -0.483 e. The summed E-state index contributed by atoms with van der Waals surface area (Å²) in [5.74, 6) is 1.90. The van der Waals surface area contributed by atoms with Gasteiger partial charge in [0, 0.05) is 64.1 Å². The first kappa shape index (κ1) is 21.6. The van der Waals surface area contributed by atoms with Gasteiger partial charge in [-0.05, 0) is 42.4 Å². The molecule has 0 saturated carbocycles. The van der Waals surface area contributed by atoms with Crippen molar-refractivity contribution < 1.29 is 9.47 Å². The molecule has 2 saturated heterocycles. The van der Waals surface area contributed by atoms with Crippen LogP contribution in [0.5, 0.6) is 5.75 Å². The molecule has 4 heterocycles. The fraction of sp³-hybridized carbons (Fsp3) is 0.444. The van der Waals surface area contributed by atoms with E-state index in [0.29, 0.717) is 6.61 Å². The molecule has 0 bridgehead atoms. The predicted octanol–water partition coefficient (Wildman–Crippen LogP) is 3.06. The van der Waals surface area contributed by atoms with E-state index in [4.69, 9.17) is 14.5 Å². The number of likely N-dealkylation sites (N-methyl/N-ethyl adjacent to an activating group) is 1. The topological polar surface area (TPSA) is 46.0 Å². The Morgan fingerprint density at radius 2 is 1.65 bits per heavy atom. The molecule has 0 atom stereocenters. The van der Waals surface area contributed by atoms with Crippen LogP contribution in [0.15, 0.2) is 48.7 Å². The van der Waals surface area contributed by atoms with E-state index in [9.17, 15) is 0 Å². The number of rotatable bonds is 5. The minimum atomic E-state index is 0.510. The van der Waals surface area contributed by atoms with Gasteiger partial charge in [-0.2, -0.15) is 0 Å². The van der Waals surface area contributed by atoms with Crippen molar-refractivity contribution in [1.29, 1.82) is 0 Å². The molecule has 7 heteroatoms. The molecule has 0 amide bonds. The Morgan fingerprint density at radius 1 is 0.882 bits per heavy atom. The number of morpholine rings is 1. The Bertz CT molecular complexity index is 1130. The summed E-state index contributed by atoms with van der Waals surface area (Å²) in [7, 11) is 2.19. The summed E-state index contributed by atoms with van der Waals surface area (Å²) in [4.78, 5) is 12.2. The zero-order chi connectivity index (χ0) is 22.9. The molecule has 0 N–H and O–H groups in total. The largest absolute Gasteiger partial charge is 0.483 e. The summed E-state index contributed by atoms with van der Waals surface area (Å²) in [5.41, 5.74) is 5.90. The molecule has 3 aliphatic rings. The molecule has 0 aliphatic carbocycles. The fourth-order valence-corrected chi connectivity index (χ4v) is 5.08. The third-order valence-electron chi connectivity index (χ3n) is 7.26. The first-order valence-electron chi connectivity index (χ1n) is 12.4. The van der Waals surface area contributed by atoms with Crippen molar-refractivity contribution in [2.45, 2.75) is 13.0 Å². The zero-order valence-electron chi connectivity index (χ0n) is 19.9. The van der Waals surface area contributed by atoms with Gasteiger partial charge < -0.3 is 19.3 Å². The number of aromatic nitrogens is 2. The number of imidazole rings is 1. The zero-order valence-corrected chi connectivity index (χ0v) is 19.9. The van der Waals surface area contributed by atoms with Crippen LogP contribution in [-0.2, 0) is 17.8 Å². The first-order chi connectivity index (χ1) is 16.7. The van der Waals surface area contributed by atoms with Gasteiger partial charge in [-0.1, -0.05) is 18.2 Å². The SMILES string of the molecule is CN1CCN(c2ccc(-c3ccc4c(c3)OCc3nc(CCN5CCOCC5)cn3-4)cc2)CC1. The average Bonchev–Trinajstić information content (AvgIpc) is 3.32. The Kier molecular flexibility index (Phi) is 5.99. The number of nitrogens with zero attached hydrogens (tertiary/aromatic N) is 5. The van der Waals surface area contributed by atoms with Gasteiger partial charge >= 0.3 is 0 Å². The van der Waals surface area contributed by atoms with E-state index in [1.54, 1.807) is 0 Å². The molecule has 178 valence electrons. The predicted molar refractivity (Wildman–Crippen MR) is 134 cm³/mol. The van der Waals surface area contributed by atoms with Crippen LogP contribution < -0.4 is 9.64 Å². The molecular formula is C27H33N5O2. The van der Waals surface area contributed by atoms with Crippen molar-refractivity contribution in [2.75, 3.05) is 71.0 Å². The maximum absolute atomic E-state index is 6.13. The van der Waals surface area contributed by atoms with Crippen molar-refractivity contribution in [3.63, 3.8) is 0 Å². The van der Waals surface area contributed by atoms with Crippen molar-refractivity contribution in [1.82, 2.24) is 19.4 Å². The lowest BCUT2D eigenvalue weighted by Crippen LogP contribution is -2.44. The van der Waals surface area contributed by atoms with E-state index in [1.165, 1.54) is 16.8 Å². The highest BCUT2D eigenvalue weighted by molar-refractivity contribution is 5.70. The van der Waals surface area contributed by atoms with E-state index in [2.05, 4.69) is 75.0 Å². The fourth-order valence-electron chi connectivity index (χ4n) is 5.08. The summed E-state index contributed by atoms with van der Waals surface area (Å²) in [6.07, 6.45) is 3.13. The molecule has 2 fully saturated rings. The highest BCUT2D eigenvalue weighted by Gasteiger charge is 2.21. The number of fused-ring (bicyclic) bond motifs is 3. The van der Waals surface area contributed by atoms with Crippen LogP contribution >= 0.6 is 0 Å². The van der Waals surface area contributed by atoms with Crippen LogP contribution in [-0.4, -0.2) is 85.4 Å². The second-order valence-corrected chi connectivity index (χ2v) is 9.53. The molecule has 3 aromatic rings. The molecule has 34 heavy (non-hydrogen) atoms. The van der Waals surface area contributed by atoms with Crippen molar-refractivity contribution in [2.24, 2.45) is 0 Å². The summed E-state index contributed by atoms with van der Waals surface area (Å²) >= 11 is 0. The van der Waals surface area contributed by atoms with Crippen LogP contribution in [0.1, 0.15) is 11.5 Å². The second-order valence-electron chi connectivity index (χ2n) is 9.53. The molecule has 0 radical (unpaired) electrons. The number of anilines is 1. The third kappa shape index (κ3) is 4.43. The van der Waals surface area contributed by atoms with Crippen molar-refractivity contribution >= 4 is 5.69 Å². The van der Waals surface area contributed by atoms with E-state index in [-0.39, 0.29) is 0 Å². The van der Waals surface area contributed by atoms with Crippen molar-refractivity contribution in [3.8, 4) is 22.6 Å². The minimum absolute atomic E-state index is 0.510. The third-order valence-corrected chi connectivity index (χ3v) is 7.26. The molecule has 3 aliphatic heterocycles. The molecule has 0 unspecified atom stereocenters. The Morgan fingerprint density at radius 3 is 2.44 bits per heavy atom. The number of hydrogen-bond acceptors (Lipinski definition) is 6. The molecule has 2 aromatic carbocycles. The molecular weight excluding hydrogens is 426 g/mol.